The normalized spacial score (nSPS) is 21.1. The molecule has 1 saturated carbocycles. The van der Waals surface area contributed by atoms with Gasteiger partial charge in [0.25, 0.3) is 5.91 Å². The molecule has 1 aliphatic carbocycles. The van der Waals surface area contributed by atoms with Crippen molar-refractivity contribution in [2.24, 2.45) is 0 Å². The van der Waals surface area contributed by atoms with Crippen molar-refractivity contribution < 1.29 is 23.8 Å². The molecule has 2 fully saturated rings. The number of likely N-dealkylation sites (tertiary alicyclic amines) is 1. The Hall–Kier alpha value is -3.13. The number of aliphatic hydroxyl groups excluding tert-OH is 1. The molecule has 8 heteroatoms. The summed E-state index contributed by atoms with van der Waals surface area (Å²) in [5, 5.41) is 16.6. The fourth-order valence-electron chi connectivity index (χ4n) is 4.68. The molecule has 188 valence electrons. The van der Waals surface area contributed by atoms with Gasteiger partial charge in [-0.25, -0.2) is 9.18 Å². The molecule has 0 bridgehead atoms. The summed E-state index contributed by atoms with van der Waals surface area (Å²) >= 11 is 0. The van der Waals surface area contributed by atoms with Gasteiger partial charge in [-0.2, -0.15) is 0 Å². The van der Waals surface area contributed by atoms with Crippen LogP contribution in [-0.2, 0) is 6.61 Å². The zero-order valence-corrected chi connectivity index (χ0v) is 19.9. The average Bonchev–Trinajstić information content (AvgIpc) is 3.06. The van der Waals surface area contributed by atoms with Crippen LogP contribution in [0.3, 0.4) is 0 Å². The maximum absolute atomic E-state index is 13.0. The molecule has 4 rings (SSSR count). The number of hydrogen-bond donors (Lipinski definition) is 3. The monoisotopic (exact) mass is 483 g/mol. The molecule has 2 aromatic rings. The van der Waals surface area contributed by atoms with Crippen molar-refractivity contribution in [3.8, 4) is 5.75 Å². The lowest BCUT2D eigenvalue weighted by Gasteiger charge is -2.30. The van der Waals surface area contributed by atoms with Crippen molar-refractivity contribution in [3.63, 3.8) is 0 Å². The van der Waals surface area contributed by atoms with Crippen LogP contribution in [0.5, 0.6) is 5.75 Å². The van der Waals surface area contributed by atoms with Gasteiger partial charge in [0.2, 0.25) is 0 Å². The van der Waals surface area contributed by atoms with Crippen LogP contribution in [0, 0.1) is 5.82 Å². The molecule has 7 nitrogen and oxygen atoms in total. The third-order valence-electron chi connectivity index (χ3n) is 6.78. The van der Waals surface area contributed by atoms with E-state index in [4.69, 9.17) is 4.74 Å². The second-order valence-electron chi connectivity index (χ2n) is 9.46. The summed E-state index contributed by atoms with van der Waals surface area (Å²) in [7, 11) is 0. The number of amides is 3. The SMILES string of the molecule is O=C(N[C@@H]1CN(C(=O)NC2CCCCC2)CCC[C@H]1O)c1ccc(OCc2ccc(F)cc2)cc1. The fraction of sp³-hybridized carbons (Fsp3) is 0.481. The van der Waals surface area contributed by atoms with Crippen LogP contribution in [0.4, 0.5) is 9.18 Å². The standard InChI is InChI=1S/C27H34FN3O4/c28-21-12-8-19(9-13-21)18-35-23-14-10-20(11-15-23)26(33)30-24-17-31(16-4-7-25(24)32)27(34)29-22-5-2-1-3-6-22/h8-15,22,24-25,32H,1-7,16-18H2,(H,29,34)(H,30,33)/t24-,25-/m1/s1. The number of hydrogen-bond acceptors (Lipinski definition) is 4. The minimum Gasteiger partial charge on any atom is -0.489 e. The van der Waals surface area contributed by atoms with Crippen molar-refractivity contribution in [2.45, 2.75) is 69.7 Å². The Morgan fingerprint density at radius 1 is 0.943 bits per heavy atom. The molecule has 3 N–H and O–H groups in total. The summed E-state index contributed by atoms with van der Waals surface area (Å²) in [6.07, 6.45) is 6.00. The number of carbonyl (C=O) groups is 2. The number of aliphatic hydroxyl groups is 1. The van der Waals surface area contributed by atoms with E-state index in [1.54, 1.807) is 41.3 Å². The first kappa shape index (κ1) is 25.0. The molecule has 0 unspecified atom stereocenters. The molecular formula is C27H34FN3O4. The van der Waals surface area contributed by atoms with Crippen LogP contribution < -0.4 is 15.4 Å². The van der Waals surface area contributed by atoms with Crippen molar-refractivity contribution >= 4 is 11.9 Å². The van der Waals surface area contributed by atoms with E-state index in [1.807, 2.05) is 0 Å². The summed E-state index contributed by atoms with van der Waals surface area (Å²) in [6.45, 7) is 1.12. The maximum atomic E-state index is 13.0. The summed E-state index contributed by atoms with van der Waals surface area (Å²) in [5.41, 5.74) is 1.28. The smallest absolute Gasteiger partial charge is 0.317 e. The van der Waals surface area contributed by atoms with Gasteiger partial charge >= 0.3 is 6.03 Å². The molecule has 0 radical (unpaired) electrons. The number of urea groups is 1. The van der Waals surface area contributed by atoms with E-state index in [0.717, 1.165) is 31.2 Å². The zero-order chi connectivity index (χ0) is 24.6. The Morgan fingerprint density at radius 2 is 1.66 bits per heavy atom. The third-order valence-corrected chi connectivity index (χ3v) is 6.78. The topological polar surface area (TPSA) is 90.9 Å². The molecule has 2 aliphatic rings. The molecule has 1 saturated heterocycles. The van der Waals surface area contributed by atoms with Gasteiger partial charge in [0.1, 0.15) is 18.2 Å². The molecule has 0 spiro atoms. The summed E-state index contributed by atoms with van der Waals surface area (Å²) < 4.78 is 18.7. The highest BCUT2D eigenvalue weighted by Crippen LogP contribution is 2.19. The third kappa shape index (κ3) is 7.18. The predicted octanol–water partition coefficient (Wildman–Crippen LogP) is 4.00. The van der Waals surface area contributed by atoms with Crippen LogP contribution >= 0.6 is 0 Å². The first-order chi connectivity index (χ1) is 17.0. The molecule has 3 amide bonds. The fourth-order valence-corrected chi connectivity index (χ4v) is 4.68. The molecule has 2 atom stereocenters. The number of nitrogens with zero attached hydrogens (tertiary/aromatic N) is 1. The number of halogens is 1. The van der Waals surface area contributed by atoms with Gasteiger partial charge in [-0.3, -0.25) is 4.79 Å². The van der Waals surface area contributed by atoms with Gasteiger partial charge in [0.15, 0.2) is 0 Å². The lowest BCUT2D eigenvalue weighted by molar-refractivity contribution is 0.0808. The van der Waals surface area contributed by atoms with E-state index in [9.17, 15) is 19.1 Å². The van der Waals surface area contributed by atoms with Crippen LogP contribution in [-0.4, -0.2) is 53.2 Å². The van der Waals surface area contributed by atoms with E-state index < -0.39 is 12.1 Å². The zero-order valence-electron chi connectivity index (χ0n) is 19.9. The Labute approximate surface area is 205 Å². The summed E-state index contributed by atoms with van der Waals surface area (Å²) in [6, 6.07) is 12.4. The molecule has 1 heterocycles. The Bertz CT molecular complexity index is 977. The second kappa shape index (κ2) is 12.0. The van der Waals surface area contributed by atoms with Crippen molar-refractivity contribution in [3.05, 3.63) is 65.5 Å². The van der Waals surface area contributed by atoms with E-state index in [0.29, 0.717) is 37.3 Å². The van der Waals surface area contributed by atoms with E-state index >= 15 is 0 Å². The Kier molecular flexibility index (Phi) is 8.58. The van der Waals surface area contributed by atoms with Crippen LogP contribution in [0.1, 0.15) is 60.9 Å². The predicted molar refractivity (Wildman–Crippen MR) is 131 cm³/mol. The average molecular weight is 484 g/mol. The van der Waals surface area contributed by atoms with E-state index in [-0.39, 0.29) is 30.3 Å². The Morgan fingerprint density at radius 3 is 2.37 bits per heavy atom. The first-order valence-electron chi connectivity index (χ1n) is 12.5. The van der Waals surface area contributed by atoms with Gasteiger partial charge in [0, 0.05) is 24.7 Å². The van der Waals surface area contributed by atoms with E-state index in [1.165, 1.54) is 18.6 Å². The van der Waals surface area contributed by atoms with Gasteiger partial charge < -0.3 is 25.4 Å². The number of carbonyl (C=O) groups excluding carboxylic acids is 2. The summed E-state index contributed by atoms with van der Waals surface area (Å²) in [5.74, 6) is -0.0181. The molecule has 35 heavy (non-hydrogen) atoms. The number of nitrogens with one attached hydrogen (secondary N) is 2. The van der Waals surface area contributed by atoms with Gasteiger partial charge in [-0.15, -0.1) is 0 Å². The maximum Gasteiger partial charge on any atom is 0.317 e. The highest BCUT2D eigenvalue weighted by molar-refractivity contribution is 5.94. The number of ether oxygens (including phenoxy) is 1. The first-order valence-corrected chi connectivity index (χ1v) is 12.5. The highest BCUT2D eigenvalue weighted by atomic mass is 19.1. The molecule has 0 aromatic heterocycles. The van der Waals surface area contributed by atoms with Crippen LogP contribution in [0.2, 0.25) is 0 Å². The minimum absolute atomic E-state index is 0.118. The number of benzene rings is 2. The molecule has 2 aromatic carbocycles. The summed E-state index contributed by atoms with van der Waals surface area (Å²) in [4.78, 5) is 27.4. The van der Waals surface area contributed by atoms with E-state index in [2.05, 4.69) is 10.6 Å². The number of rotatable bonds is 6. The lowest BCUT2D eigenvalue weighted by atomic mass is 9.96. The molecule has 1 aliphatic heterocycles. The second-order valence-corrected chi connectivity index (χ2v) is 9.46. The van der Waals surface area contributed by atoms with Crippen molar-refractivity contribution in [1.82, 2.24) is 15.5 Å². The lowest BCUT2D eigenvalue weighted by Crippen LogP contribution is -2.53. The quantitative estimate of drug-likeness (QED) is 0.579. The van der Waals surface area contributed by atoms with Crippen molar-refractivity contribution in [1.29, 1.82) is 0 Å². The van der Waals surface area contributed by atoms with Crippen LogP contribution in [0.25, 0.3) is 0 Å². The van der Waals surface area contributed by atoms with Crippen LogP contribution in [0.15, 0.2) is 48.5 Å². The van der Waals surface area contributed by atoms with Gasteiger partial charge in [0.05, 0.1) is 12.1 Å². The minimum atomic E-state index is -0.718. The Balaban J connectivity index is 1.31. The van der Waals surface area contributed by atoms with Crippen molar-refractivity contribution in [2.75, 3.05) is 13.1 Å². The molecular weight excluding hydrogens is 449 g/mol. The van der Waals surface area contributed by atoms with Gasteiger partial charge in [-0.1, -0.05) is 31.4 Å². The van der Waals surface area contributed by atoms with Gasteiger partial charge in [-0.05, 0) is 67.6 Å². The largest absolute Gasteiger partial charge is 0.489 e. The highest BCUT2D eigenvalue weighted by Gasteiger charge is 2.30.